The van der Waals surface area contributed by atoms with Gasteiger partial charge in [-0.1, -0.05) is 32.8 Å². The van der Waals surface area contributed by atoms with E-state index in [9.17, 15) is 9.59 Å². The molecule has 0 bridgehead atoms. The Balaban J connectivity index is 2.15. The summed E-state index contributed by atoms with van der Waals surface area (Å²) >= 11 is 0. The lowest BCUT2D eigenvalue weighted by Crippen LogP contribution is -2.35. The van der Waals surface area contributed by atoms with E-state index in [1.807, 2.05) is 24.0 Å². The highest BCUT2D eigenvalue weighted by molar-refractivity contribution is 6.02. The van der Waals surface area contributed by atoms with E-state index in [2.05, 4.69) is 19.2 Å². The summed E-state index contributed by atoms with van der Waals surface area (Å²) in [6, 6.07) is 5.51. The topological polar surface area (TPSA) is 49.4 Å². The molecule has 0 radical (unpaired) electrons. The van der Waals surface area contributed by atoms with Crippen molar-refractivity contribution < 1.29 is 9.59 Å². The Morgan fingerprint density at radius 2 is 2.00 bits per heavy atom. The van der Waals surface area contributed by atoms with Crippen molar-refractivity contribution in [2.75, 3.05) is 18.4 Å². The number of carbonyl (C=O) groups is 2. The van der Waals surface area contributed by atoms with Gasteiger partial charge in [0.1, 0.15) is 0 Å². The third-order valence-corrected chi connectivity index (χ3v) is 4.28. The first-order valence-electron chi connectivity index (χ1n) is 7.81. The molecule has 1 aliphatic heterocycles. The maximum atomic E-state index is 12.6. The van der Waals surface area contributed by atoms with Crippen LogP contribution in [0.3, 0.4) is 0 Å². The average molecular weight is 288 g/mol. The van der Waals surface area contributed by atoms with Crippen LogP contribution < -0.4 is 5.32 Å². The van der Waals surface area contributed by atoms with Gasteiger partial charge in [0.2, 0.25) is 5.91 Å². The average Bonchev–Trinajstić information content (AvgIpc) is 2.87. The fraction of sp³-hybridized carbons (Fsp3) is 0.529. The molecule has 0 aliphatic carbocycles. The first-order valence-corrected chi connectivity index (χ1v) is 7.81. The van der Waals surface area contributed by atoms with Crippen LogP contribution in [0.25, 0.3) is 0 Å². The second-order valence-electron chi connectivity index (χ2n) is 5.62. The standard InChI is InChI=1S/C17H24N2O2/c1-4-12(5-2)11-19(6-3)17(21)14-8-7-13-10-16(20)18-15(13)9-14/h7-9,12H,4-6,10-11H2,1-3H3,(H,18,20). The van der Waals surface area contributed by atoms with Gasteiger partial charge < -0.3 is 10.2 Å². The van der Waals surface area contributed by atoms with Crippen LogP contribution in [0.5, 0.6) is 0 Å². The lowest BCUT2D eigenvalue weighted by Gasteiger charge is -2.25. The van der Waals surface area contributed by atoms with Crippen LogP contribution in [-0.4, -0.2) is 29.8 Å². The third kappa shape index (κ3) is 3.43. The molecule has 0 saturated heterocycles. The Kier molecular flexibility index (Phi) is 4.99. The van der Waals surface area contributed by atoms with Crippen LogP contribution in [0.2, 0.25) is 0 Å². The highest BCUT2D eigenvalue weighted by atomic mass is 16.2. The van der Waals surface area contributed by atoms with E-state index >= 15 is 0 Å². The number of amides is 2. The van der Waals surface area contributed by atoms with Crippen molar-refractivity contribution in [1.82, 2.24) is 4.90 Å². The van der Waals surface area contributed by atoms with Crippen LogP contribution in [0, 0.1) is 5.92 Å². The molecule has 2 rings (SSSR count). The van der Waals surface area contributed by atoms with E-state index in [4.69, 9.17) is 0 Å². The number of hydrogen-bond acceptors (Lipinski definition) is 2. The Bertz CT molecular complexity index is 536. The van der Waals surface area contributed by atoms with Crippen LogP contribution >= 0.6 is 0 Å². The predicted octanol–water partition coefficient (Wildman–Crippen LogP) is 3.08. The smallest absolute Gasteiger partial charge is 0.253 e. The van der Waals surface area contributed by atoms with E-state index in [-0.39, 0.29) is 11.8 Å². The quantitative estimate of drug-likeness (QED) is 0.874. The van der Waals surface area contributed by atoms with E-state index in [0.29, 0.717) is 24.4 Å². The number of hydrogen-bond donors (Lipinski definition) is 1. The van der Waals surface area contributed by atoms with Gasteiger partial charge in [0.25, 0.3) is 5.91 Å². The lowest BCUT2D eigenvalue weighted by molar-refractivity contribution is -0.115. The predicted molar refractivity (Wildman–Crippen MR) is 84.4 cm³/mol. The fourth-order valence-corrected chi connectivity index (χ4v) is 2.74. The van der Waals surface area contributed by atoms with Crippen LogP contribution in [-0.2, 0) is 11.2 Å². The summed E-state index contributed by atoms with van der Waals surface area (Å²) in [4.78, 5) is 25.9. The molecule has 4 nitrogen and oxygen atoms in total. The van der Waals surface area contributed by atoms with E-state index in [1.54, 1.807) is 6.07 Å². The van der Waals surface area contributed by atoms with Gasteiger partial charge in [-0.3, -0.25) is 9.59 Å². The molecule has 1 heterocycles. The van der Waals surface area contributed by atoms with Crippen molar-refractivity contribution in [3.05, 3.63) is 29.3 Å². The number of benzene rings is 1. The molecule has 1 aliphatic rings. The van der Waals surface area contributed by atoms with Crippen LogP contribution in [0.15, 0.2) is 18.2 Å². The minimum atomic E-state index is -0.000948. The monoisotopic (exact) mass is 288 g/mol. The van der Waals surface area contributed by atoms with Crippen molar-refractivity contribution in [1.29, 1.82) is 0 Å². The van der Waals surface area contributed by atoms with Gasteiger partial charge in [0.15, 0.2) is 0 Å². The van der Waals surface area contributed by atoms with Gasteiger partial charge >= 0.3 is 0 Å². The summed E-state index contributed by atoms with van der Waals surface area (Å²) in [5.41, 5.74) is 2.41. The van der Waals surface area contributed by atoms with Gasteiger partial charge in [-0.25, -0.2) is 0 Å². The third-order valence-electron chi connectivity index (χ3n) is 4.28. The highest BCUT2D eigenvalue weighted by Crippen LogP contribution is 2.25. The summed E-state index contributed by atoms with van der Waals surface area (Å²) in [7, 11) is 0. The summed E-state index contributed by atoms with van der Waals surface area (Å²) < 4.78 is 0. The van der Waals surface area contributed by atoms with E-state index < -0.39 is 0 Å². The Morgan fingerprint density at radius 3 is 2.62 bits per heavy atom. The van der Waals surface area contributed by atoms with Crippen molar-refractivity contribution in [3.63, 3.8) is 0 Å². The van der Waals surface area contributed by atoms with E-state index in [0.717, 1.165) is 30.6 Å². The molecule has 0 aromatic heterocycles. The Morgan fingerprint density at radius 1 is 1.29 bits per heavy atom. The van der Waals surface area contributed by atoms with Gasteiger partial charge in [0.05, 0.1) is 6.42 Å². The van der Waals surface area contributed by atoms with Gasteiger partial charge in [0, 0.05) is 24.3 Å². The summed E-state index contributed by atoms with van der Waals surface area (Å²) in [5, 5.41) is 2.80. The summed E-state index contributed by atoms with van der Waals surface area (Å²) in [6.07, 6.45) is 2.58. The number of anilines is 1. The summed E-state index contributed by atoms with van der Waals surface area (Å²) in [6.45, 7) is 7.84. The molecular formula is C17H24N2O2. The zero-order valence-electron chi connectivity index (χ0n) is 13.1. The largest absolute Gasteiger partial charge is 0.339 e. The lowest BCUT2D eigenvalue weighted by atomic mass is 10.0. The van der Waals surface area contributed by atoms with E-state index in [1.165, 1.54) is 0 Å². The van der Waals surface area contributed by atoms with Gasteiger partial charge in [-0.2, -0.15) is 0 Å². The molecule has 114 valence electrons. The van der Waals surface area contributed by atoms with Crippen molar-refractivity contribution >= 4 is 17.5 Å². The Hall–Kier alpha value is -1.84. The molecule has 0 unspecified atom stereocenters. The first kappa shape index (κ1) is 15.5. The molecular weight excluding hydrogens is 264 g/mol. The summed E-state index contributed by atoms with van der Waals surface area (Å²) in [5.74, 6) is 0.593. The van der Waals surface area contributed by atoms with Gasteiger partial charge in [-0.15, -0.1) is 0 Å². The Labute approximate surface area is 126 Å². The zero-order valence-corrected chi connectivity index (χ0v) is 13.1. The minimum absolute atomic E-state index is 0.000948. The molecule has 0 saturated carbocycles. The van der Waals surface area contributed by atoms with Crippen molar-refractivity contribution in [2.24, 2.45) is 5.92 Å². The zero-order chi connectivity index (χ0) is 15.4. The molecule has 1 aromatic rings. The number of carbonyl (C=O) groups excluding carboxylic acids is 2. The second kappa shape index (κ2) is 6.74. The van der Waals surface area contributed by atoms with Crippen LogP contribution in [0.1, 0.15) is 49.5 Å². The fourth-order valence-electron chi connectivity index (χ4n) is 2.74. The molecule has 4 heteroatoms. The molecule has 2 amide bonds. The van der Waals surface area contributed by atoms with Crippen LogP contribution in [0.4, 0.5) is 5.69 Å². The van der Waals surface area contributed by atoms with Gasteiger partial charge in [-0.05, 0) is 30.5 Å². The molecule has 1 N–H and O–H groups in total. The number of rotatable bonds is 6. The number of fused-ring (bicyclic) bond motifs is 1. The first-order chi connectivity index (χ1) is 10.1. The molecule has 0 atom stereocenters. The second-order valence-corrected chi connectivity index (χ2v) is 5.62. The number of nitrogens with one attached hydrogen (secondary N) is 1. The molecule has 21 heavy (non-hydrogen) atoms. The highest BCUT2D eigenvalue weighted by Gasteiger charge is 2.22. The minimum Gasteiger partial charge on any atom is -0.339 e. The SMILES string of the molecule is CCC(CC)CN(CC)C(=O)c1ccc2c(c1)NC(=O)C2. The maximum absolute atomic E-state index is 12.6. The number of nitrogens with zero attached hydrogens (tertiary/aromatic N) is 1. The molecule has 0 spiro atoms. The van der Waals surface area contributed by atoms with Crippen molar-refractivity contribution in [2.45, 2.75) is 40.0 Å². The van der Waals surface area contributed by atoms with Crippen molar-refractivity contribution in [3.8, 4) is 0 Å². The molecule has 1 aromatic carbocycles. The maximum Gasteiger partial charge on any atom is 0.253 e. The molecule has 0 fully saturated rings. The normalized spacial score (nSPS) is 13.2.